The molecule has 2 aromatic heterocycles. The van der Waals surface area contributed by atoms with Crippen molar-refractivity contribution in [2.75, 3.05) is 48.6 Å². The van der Waals surface area contributed by atoms with Crippen molar-refractivity contribution in [3.05, 3.63) is 137 Å². The fourth-order valence-corrected chi connectivity index (χ4v) is 3.49. The molecule has 0 fully saturated rings. The van der Waals surface area contributed by atoms with E-state index < -0.39 is 10.9 Å². The van der Waals surface area contributed by atoms with Crippen LogP contribution >= 0.6 is 0 Å². The van der Waals surface area contributed by atoms with Gasteiger partial charge >= 0.3 is 5.82 Å². The van der Waals surface area contributed by atoms with E-state index in [4.69, 9.17) is 0 Å². The lowest BCUT2D eigenvalue weighted by Gasteiger charge is -2.12. The van der Waals surface area contributed by atoms with Crippen molar-refractivity contribution < 1.29 is 18.9 Å². The Kier molecular flexibility index (Phi) is 11.8. The Hall–Kier alpha value is -5.91. The largest absolute Gasteiger partial charge is 0.378 e. The van der Waals surface area contributed by atoms with Crippen molar-refractivity contribution in [1.82, 2.24) is 9.97 Å². The smallest absolute Gasteiger partial charge is 0.363 e. The molecule has 0 amide bonds. The fourth-order valence-electron chi connectivity index (χ4n) is 3.49. The Bertz CT molecular complexity index is 1600. The van der Waals surface area contributed by atoms with Crippen LogP contribution in [0.25, 0.3) is 0 Å². The average Bonchev–Trinajstić information content (AvgIpc) is 3.02. The standard InChI is InChI=1S/C16H16FN3O.C16H16N4O3/c1-20(2)14-6-4-13(5-7-14)18-10-9-15(21)12-3-8-16(17)19-11-12;1-19(2)14-6-4-13(5-7-14)17-10-9-15(21)12-3-8-16(18-11-12)20(22)23/h3-11,18H,1-2H3;3-11,17H,1-2H3/b2*10-9+/i17-1;. The molecule has 2 N–H and O–H groups in total. The van der Waals surface area contributed by atoms with Crippen LogP contribution in [-0.2, 0) is 0 Å². The summed E-state index contributed by atoms with van der Waals surface area (Å²) in [6.45, 7) is 0. The molecule has 226 valence electrons. The summed E-state index contributed by atoms with van der Waals surface area (Å²) in [5, 5.41) is 16.5. The van der Waals surface area contributed by atoms with Crippen LogP contribution in [0.1, 0.15) is 20.7 Å². The van der Waals surface area contributed by atoms with E-state index in [0.717, 1.165) is 28.8 Å². The quantitative estimate of drug-likeness (QED) is 0.0702. The van der Waals surface area contributed by atoms with E-state index >= 15 is 0 Å². The van der Waals surface area contributed by atoms with E-state index in [-0.39, 0.29) is 22.9 Å². The zero-order valence-electron chi connectivity index (χ0n) is 24.6. The maximum Gasteiger partial charge on any atom is 0.363 e. The minimum Gasteiger partial charge on any atom is -0.378 e. The molecule has 0 aliphatic carbocycles. The lowest BCUT2D eigenvalue weighted by Crippen LogP contribution is -2.08. The first kappa shape index (κ1) is 32.6. The molecular weight excluding hydrogens is 564 g/mol. The molecule has 4 aromatic rings. The van der Waals surface area contributed by atoms with Crippen molar-refractivity contribution in [2.24, 2.45) is 0 Å². The number of allylic oxidation sites excluding steroid dienone is 2. The Morgan fingerprint density at radius 3 is 1.48 bits per heavy atom. The highest BCUT2D eigenvalue weighted by Gasteiger charge is 2.09. The molecule has 0 saturated heterocycles. The number of anilines is 4. The van der Waals surface area contributed by atoms with Gasteiger partial charge in [-0.1, -0.05) is 0 Å². The molecule has 4 rings (SSSR count). The van der Waals surface area contributed by atoms with Crippen molar-refractivity contribution in [1.29, 1.82) is 0 Å². The minimum absolute atomic E-state index is 0.236. The van der Waals surface area contributed by atoms with Gasteiger partial charge in [-0.25, -0.2) is 4.98 Å². The maximum absolute atomic E-state index is 12.7. The lowest BCUT2D eigenvalue weighted by molar-refractivity contribution is -0.389. The molecule has 0 aliphatic heterocycles. The van der Waals surface area contributed by atoms with Gasteiger partial charge in [0.15, 0.2) is 17.8 Å². The van der Waals surface area contributed by atoms with E-state index in [1.807, 2.05) is 86.5 Å². The average molecular weight is 597 g/mol. The Labute approximate surface area is 254 Å². The summed E-state index contributed by atoms with van der Waals surface area (Å²) in [6.07, 6.45) is 8.22. The molecule has 0 bridgehead atoms. The van der Waals surface area contributed by atoms with Gasteiger partial charge in [0.2, 0.25) is 5.95 Å². The number of rotatable bonds is 11. The first-order chi connectivity index (χ1) is 21.0. The summed E-state index contributed by atoms with van der Waals surface area (Å²) in [5.41, 5.74) is 4.53. The van der Waals surface area contributed by atoms with Crippen LogP contribution in [-0.4, -0.2) is 54.6 Å². The number of nitro groups is 1. The van der Waals surface area contributed by atoms with E-state index in [1.54, 1.807) is 6.20 Å². The van der Waals surface area contributed by atoms with Gasteiger partial charge in [0, 0.05) is 93.3 Å². The van der Waals surface area contributed by atoms with E-state index in [0.29, 0.717) is 5.56 Å². The third kappa shape index (κ3) is 10.2. The van der Waals surface area contributed by atoms with Crippen molar-refractivity contribution >= 4 is 40.1 Å². The lowest BCUT2D eigenvalue weighted by atomic mass is 10.2. The van der Waals surface area contributed by atoms with Crippen LogP contribution in [0.15, 0.2) is 110 Å². The molecule has 2 heterocycles. The highest BCUT2D eigenvalue weighted by molar-refractivity contribution is 6.05. The highest BCUT2D eigenvalue weighted by Crippen LogP contribution is 2.17. The zero-order valence-corrected chi connectivity index (χ0v) is 24.6. The van der Waals surface area contributed by atoms with Crippen LogP contribution < -0.4 is 20.4 Å². The van der Waals surface area contributed by atoms with Crippen LogP contribution in [0.3, 0.4) is 0 Å². The maximum atomic E-state index is 12.7. The number of aromatic nitrogens is 2. The highest BCUT2D eigenvalue weighted by atomic mass is 18.2. The first-order valence-electron chi connectivity index (χ1n) is 13.2. The Balaban J connectivity index is 0.000000241. The number of halogens is 1. The number of nitrogens with one attached hydrogen (secondary N) is 2. The predicted octanol–water partition coefficient (Wildman–Crippen LogP) is 5.96. The number of benzene rings is 2. The molecule has 11 nitrogen and oxygen atoms in total. The van der Waals surface area contributed by atoms with E-state index in [1.165, 1.54) is 48.9 Å². The number of hydrogen-bond donors (Lipinski definition) is 2. The Morgan fingerprint density at radius 1 is 0.705 bits per heavy atom. The van der Waals surface area contributed by atoms with Gasteiger partial charge in [-0.2, -0.15) is 4.39 Å². The Morgan fingerprint density at radius 2 is 1.14 bits per heavy atom. The number of ketones is 2. The van der Waals surface area contributed by atoms with Crippen molar-refractivity contribution in [3.8, 4) is 0 Å². The SMILES string of the molecule is CN(C)c1ccc(N/C=C/C(=O)c2ccc([18F])nc2)cc1.CN(C)c1ccc(N/C=C/C(=O)c2ccc([N+](=O)[O-])nc2)cc1. The molecule has 44 heavy (non-hydrogen) atoms. The normalized spacial score (nSPS) is 10.6. The van der Waals surface area contributed by atoms with Gasteiger partial charge < -0.3 is 30.5 Å². The van der Waals surface area contributed by atoms with E-state index in [2.05, 4.69) is 20.6 Å². The third-order valence-corrected chi connectivity index (χ3v) is 5.97. The molecular formula is C32H32FN7O4. The van der Waals surface area contributed by atoms with Gasteiger partial charge in [-0.3, -0.25) is 9.59 Å². The molecule has 0 spiro atoms. The summed E-state index contributed by atoms with van der Waals surface area (Å²) < 4.78 is 12.7. The molecule has 0 aliphatic rings. The fraction of sp³-hybridized carbons (Fsp3) is 0.125. The minimum atomic E-state index is -0.608. The van der Waals surface area contributed by atoms with Gasteiger partial charge in [-0.15, -0.1) is 0 Å². The number of carbonyl (C=O) groups is 2. The summed E-state index contributed by atoms with van der Waals surface area (Å²) in [6, 6.07) is 20.6. The van der Waals surface area contributed by atoms with Gasteiger partial charge in [0.25, 0.3) is 0 Å². The molecule has 0 atom stereocenters. The zero-order chi connectivity index (χ0) is 32.1. The molecule has 0 saturated carbocycles. The monoisotopic (exact) mass is 596 g/mol. The summed E-state index contributed by atoms with van der Waals surface area (Å²) in [5.74, 6) is -1.41. The topological polar surface area (TPSA) is 134 Å². The van der Waals surface area contributed by atoms with Crippen LogP contribution in [0.4, 0.5) is 33.0 Å². The second-order valence-electron chi connectivity index (χ2n) is 9.60. The molecule has 12 heteroatoms. The molecule has 2 aromatic carbocycles. The number of carbonyl (C=O) groups excluding carboxylic acids is 2. The first-order valence-corrected chi connectivity index (χ1v) is 13.2. The summed E-state index contributed by atoms with van der Waals surface area (Å²) >= 11 is 0. The van der Waals surface area contributed by atoms with Crippen LogP contribution in [0.5, 0.6) is 0 Å². The van der Waals surface area contributed by atoms with Crippen molar-refractivity contribution in [3.63, 3.8) is 0 Å². The van der Waals surface area contributed by atoms with Gasteiger partial charge in [0.1, 0.15) is 0 Å². The number of pyridine rings is 2. The van der Waals surface area contributed by atoms with Crippen LogP contribution in [0.2, 0.25) is 0 Å². The molecule has 0 radical (unpaired) electrons. The van der Waals surface area contributed by atoms with Crippen molar-refractivity contribution in [2.45, 2.75) is 0 Å². The van der Waals surface area contributed by atoms with E-state index in [9.17, 15) is 24.1 Å². The second-order valence-corrected chi connectivity index (χ2v) is 9.60. The summed E-state index contributed by atoms with van der Waals surface area (Å²) in [4.78, 5) is 44.7. The predicted molar refractivity (Wildman–Crippen MR) is 171 cm³/mol. The molecule has 0 unspecified atom stereocenters. The summed E-state index contributed by atoms with van der Waals surface area (Å²) in [7, 11) is 7.86. The second kappa shape index (κ2) is 15.9. The van der Waals surface area contributed by atoms with Crippen LogP contribution in [0, 0.1) is 16.1 Å². The van der Waals surface area contributed by atoms with Gasteiger partial charge in [-0.05, 0) is 76.6 Å². The third-order valence-electron chi connectivity index (χ3n) is 5.97. The number of hydrogen-bond acceptors (Lipinski definition) is 10. The van der Waals surface area contributed by atoms with Gasteiger partial charge in [0.05, 0.1) is 5.56 Å². The number of nitrogens with zero attached hydrogens (tertiary/aromatic N) is 5.